The Hall–Kier alpha value is -2.81. The molecule has 1 heterocycles. The number of allylic oxidation sites excluding steroid dienone is 1. The van der Waals surface area contributed by atoms with E-state index in [1.807, 2.05) is 25.4 Å². The van der Waals surface area contributed by atoms with Gasteiger partial charge >= 0.3 is 0 Å². The fraction of sp³-hybridized carbons (Fsp3) is 0.308. The number of unbranched alkanes of at least 4 members (excludes halogenated alkanes) is 1. The molecule has 29 heavy (non-hydrogen) atoms. The molecule has 0 saturated carbocycles. The number of nitrogens with zero attached hydrogens (tertiary/aromatic N) is 2. The molecule has 3 aromatic rings. The number of hydrogen-bond acceptors (Lipinski definition) is 2. The Balaban J connectivity index is 1.58. The SMILES string of the molecule is C=CCc1ccc(-c2ccc(-c3cnc(CCCCC(C)CF)cn3)cc2)cc1. The molecule has 2 aromatic carbocycles. The molecule has 3 heteroatoms. The van der Waals surface area contributed by atoms with Gasteiger partial charge in [-0.25, -0.2) is 0 Å². The van der Waals surface area contributed by atoms with Crippen LogP contribution in [-0.2, 0) is 12.8 Å². The van der Waals surface area contributed by atoms with E-state index in [-0.39, 0.29) is 12.6 Å². The maximum atomic E-state index is 12.5. The highest BCUT2D eigenvalue weighted by atomic mass is 19.1. The largest absolute Gasteiger partial charge is 0.257 e. The van der Waals surface area contributed by atoms with E-state index in [0.717, 1.165) is 49.1 Å². The fourth-order valence-electron chi connectivity index (χ4n) is 3.34. The molecule has 150 valence electrons. The monoisotopic (exact) mass is 388 g/mol. The predicted octanol–water partition coefficient (Wildman–Crippen LogP) is 6.86. The molecule has 0 amide bonds. The fourth-order valence-corrected chi connectivity index (χ4v) is 3.34. The van der Waals surface area contributed by atoms with Gasteiger partial charge in [-0.3, -0.25) is 14.4 Å². The van der Waals surface area contributed by atoms with Crippen LogP contribution in [0.15, 0.2) is 73.6 Å². The van der Waals surface area contributed by atoms with Crippen molar-refractivity contribution in [1.82, 2.24) is 9.97 Å². The van der Waals surface area contributed by atoms with E-state index in [2.05, 4.69) is 65.1 Å². The third-order valence-electron chi connectivity index (χ3n) is 5.20. The van der Waals surface area contributed by atoms with Gasteiger partial charge in [0.15, 0.2) is 0 Å². The highest BCUT2D eigenvalue weighted by Gasteiger charge is 2.05. The standard InChI is InChI=1S/C26H29FN2/c1-3-6-21-9-11-22(12-10-21)23-13-15-24(16-14-23)26-19-28-25(18-29-26)8-5-4-7-20(2)17-27/h3,9-16,18-20H,1,4-8,17H2,2H3. The van der Waals surface area contributed by atoms with Gasteiger partial charge in [0.2, 0.25) is 0 Å². The van der Waals surface area contributed by atoms with Crippen molar-refractivity contribution in [1.29, 1.82) is 0 Å². The van der Waals surface area contributed by atoms with Crippen molar-refractivity contribution in [3.8, 4) is 22.4 Å². The minimum atomic E-state index is -0.228. The normalized spacial score (nSPS) is 11.9. The Labute approximate surface area is 173 Å². The molecule has 0 aliphatic heterocycles. The number of aromatic nitrogens is 2. The van der Waals surface area contributed by atoms with Crippen molar-refractivity contribution in [2.45, 2.75) is 39.0 Å². The average Bonchev–Trinajstić information content (AvgIpc) is 2.78. The summed E-state index contributed by atoms with van der Waals surface area (Å²) in [6, 6.07) is 17.0. The first-order valence-corrected chi connectivity index (χ1v) is 10.4. The molecule has 1 aromatic heterocycles. The van der Waals surface area contributed by atoms with E-state index in [1.54, 1.807) is 0 Å². The summed E-state index contributed by atoms with van der Waals surface area (Å²) in [5.41, 5.74) is 6.60. The second-order valence-electron chi connectivity index (χ2n) is 7.67. The van der Waals surface area contributed by atoms with Crippen molar-refractivity contribution in [3.63, 3.8) is 0 Å². The second kappa shape index (κ2) is 10.7. The lowest BCUT2D eigenvalue weighted by Gasteiger charge is -2.07. The van der Waals surface area contributed by atoms with Crippen molar-refractivity contribution in [2.24, 2.45) is 5.92 Å². The quantitative estimate of drug-likeness (QED) is 0.280. The third kappa shape index (κ3) is 6.08. The van der Waals surface area contributed by atoms with Crippen molar-refractivity contribution < 1.29 is 4.39 Å². The summed E-state index contributed by atoms with van der Waals surface area (Å²) >= 11 is 0. The molecule has 0 N–H and O–H groups in total. The maximum absolute atomic E-state index is 12.5. The first-order valence-electron chi connectivity index (χ1n) is 10.4. The highest BCUT2D eigenvalue weighted by Crippen LogP contribution is 2.24. The molecular formula is C26H29FN2. The topological polar surface area (TPSA) is 25.8 Å². The summed E-state index contributed by atoms with van der Waals surface area (Å²) in [7, 11) is 0. The number of halogens is 1. The van der Waals surface area contributed by atoms with Gasteiger partial charge in [-0.15, -0.1) is 6.58 Å². The summed E-state index contributed by atoms with van der Waals surface area (Å²) in [5, 5.41) is 0. The smallest absolute Gasteiger partial charge is 0.0919 e. The van der Waals surface area contributed by atoms with E-state index in [4.69, 9.17) is 0 Å². The Kier molecular flexibility index (Phi) is 7.69. The number of alkyl halides is 1. The van der Waals surface area contributed by atoms with Gasteiger partial charge in [0.1, 0.15) is 0 Å². The zero-order chi connectivity index (χ0) is 20.5. The minimum Gasteiger partial charge on any atom is -0.257 e. The van der Waals surface area contributed by atoms with Crippen molar-refractivity contribution in [3.05, 3.63) is 84.8 Å². The minimum absolute atomic E-state index is 0.163. The van der Waals surface area contributed by atoms with Crippen LogP contribution in [0, 0.1) is 5.92 Å². The van der Waals surface area contributed by atoms with Crippen LogP contribution < -0.4 is 0 Å². The Morgan fingerprint density at radius 2 is 1.55 bits per heavy atom. The number of rotatable bonds is 10. The van der Waals surface area contributed by atoms with Crippen LogP contribution in [0.25, 0.3) is 22.4 Å². The number of benzene rings is 2. The van der Waals surface area contributed by atoms with Crippen LogP contribution >= 0.6 is 0 Å². The molecule has 0 saturated heterocycles. The van der Waals surface area contributed by atoms with Crippen LogP contribution in [0.3, 0.4) is 0 Å². The van der Waals surface area contributed by atoms with Crippen LogP contribution in [0.2, 0.25) is 0 Å². The molecule has 1 atom stereocenters. The van der Waals surface area contributed by atoms with Crippen molar-refractivity contribution in [2.75, 3.05) is 6.67 Å². The van der Waals surface area contributed by atoms with E-state index < -0.39 is 0 Å². The Bertz CT molecular complexity index is 884. The van der Waals surface area contributed by atoms with E-state index >= 15 is 0 Å². The molecule has 0 aliphatic rings. The van der Waals surface area contributed by atoms with Gasteiger partial charge in [-0.1, -0.05) is 68.0 Å². The lowest BCUT2D eigenvalue weighted by molar-refractivity contribution is 0.357. The molecule has 0 aliphatic carbocycles. The summed E-state index contributed by atoms with van der Waals surface area (Å²) in [5.74, 6) is 0.163. The van der Waals surface area contributed by atoms with Crippen molar-refractivity contribution >= 4 is 0 Å². The van der Waals surface area contributed by atoms with Gasteiger partial charge in [-0.2, -0.15) is 0 Å². The summed E-state index contributed by atoms with van der Waals surface area (Å²) in [4.78, 5) is 9.14. The first-order chi connectivity index (χ1) is 14.2. The average molecular weight is 389 g/mol. The molecule has 2 nitrogen and oxygen atoms in total. The van der Waals surface area contributed by atoms with Crippen LogP contribution in [0.5, 0.6) is 0 Å². The Morgan fingerprint density at radius 3 is 2.14 bits per heavy atom. The van der Waals surface area contributed by atoms with E-state index in [0.29, 0.717) is 0 Å². The molecule has 0 spiro atoms. The van der Waals surface area contributed by atoms with Gasteiger partial charge in [0.05, 0.1) is 24.3 Å². The van der Waals surface area contributed by atoms with E-state index in [1.165, 1.54) is 16.7 Å². The molecular weight excluding hydrogens is 359 g/mol. The molecule has 1 unspecified atom stereocenters. The molecule has 3 rings (SSSR count). The van der Waals surface area contributed by atoms with Gasteiger partial charge < -0.3 is 0 Å². The van der Waals surface area contributed by atoms with Gasteiger partial charge in [0, 0.05) is 11.8 Å². The number of aryl methyl sites for hydroxylation is 1. The molecule has 0 radical (unpaired) electrons. The van der Waals surface area contributed by atoms with Crippen LogP contribution in [0.4, 0.5) is 4.39 Å². The van der Waals surface area contributed by atoms with Crippen LogP contribution in [0.1, 0.15) is 37.4 Å². The summed E-state index contributed by atoms with van der Waals surface area (Å²) in [6.45, 7) is 5.51. The van der Waals surface area contributed by atoms with Crippen LogP contribution in [-0.4, -0.2) is 16.6 Å². The predicted molar refractivity (Wildman–Crippen MR) is 119 cm³/mol. The van der Waals surface area contributed by atoms with E-state index in [9.17, 15) is 4.39 Å². The zero-order valence-corrected chi connectivity index (χ0v) is 17.2. The Morgan fingerprint density at radius 1 is 0.897 bits per heavy atom. The first kappa shape index (κ1) is 20.9. The number of hydrogen-bond donors (Lipinski definition) is 0. The molecule has 0 fully saturated rings. The lowest BCUT2D eigenvalue weighted by atomic mass is 10.0. The molecule has 0 bridgehead atoms. The van der Waals surface area contributed by atoms with Gasteiger partial charge in [0.25, 0.3) is 0 Å². The third-order valence-corrected chi connectivity index (χ3v) is 5.20. The lowest BCUT2D eigenvalue weighted by Crippen LogP contribution is -1.98. The highest BCUT2D eigenvalue weighted by molar-refractivity contribution is 5.68. The maximum Gasteiger partial charge on any atom is 0.0919 e. The summed E-state index contributed by atoms with van der Waals surface area (Å²) < 4.78 is 12.5. The van der Waals surface area contributed by atoms with Gasteiger partial charge in [-0.05, 0) is 48.3 Å². The zero-order valence-electron chi connectivity index (χ0n) is 17.2. The summed E-state index contributed by atoms with van der Waals surface area (Å²) in [6.07, 6.45) is 10.4. The second-order valence-corrected chi connectivity index (χ2v) is 7.67.